The molecule has 1 fully saturated rings. The molecule has 5 heteroatoms. The van der Waals surface area contributed by atoms with E-state index in [1.165, 1.54) is 19.4 Å². The van der Waals surface area contributed by atoms with E-state index < -0.39 is 0 Å². The molecule has 1 saturated heterocycles. The van der Waals surface area contributed by atoms with Crippen molar-refractivity contribution in [2.45, 2.75) is 26.0 Å². The van der Waals surface area contributed by atoms with Crippen LogP contribution in [0, 0.1) is 5.92 Å². The third kappa shape index (κ3) is 2.51. The minimum Gasteiger partial charge on any atom is -0.399 e. The van der Waals surface area contributed by atoms with Gasteiger partial charge in [0, 0.05) is 18.8 Å². The minimum atomic E-state index is -0.0306. The predicted octanol–water partition coefficient (Wildman–Crippen LogP) is 1.45. The number of nitrogen functional groups attached to an aromatic ring is 1. The second-order valence-corrected chi connectivity index (χ2v) is 5.82. The third-order valence-electron chi connectivity index (χ3n) is 4.16. The maximum atomic E-state index is 9.55. The van der Waals surface area contributed by atoms with E-state index in [9.17, 15) is 5.11 Å². The molecule has 1 aromatic heterocycles. The van der Waals surface area contributed by atoms with Gasteiger partial charge in [0.05, 0.1) is 11.0 Å². The fraction of sp³-hybridized carbons (Fsp3) is 0.533. The van der Waals surface area contributed by atoms with Crippen molar-refractivity contribution in [3.05, 3.63) is 24.0 Å². The molecular formula is C15H22N4O. The zero-order valence-electron chi connectivity index (χ0n) is 11.9. The Morgan fingerprint density at radius 3 is 3.05 bits per heavy atom. The number of piperidine rings is 1. The van der Waals surface area contributed by atoms with Crippen LogP contribution in [0.3, 0.4) is 0 Å². The molecule has 1 aliphatic heterocycles. The van der Waals surface area contributed by atoms with Crippen molar-refractivity contribution >= 4 is 16.7 Å². The fourth-order valence-electron chi connectivity index (χ4n) is 3.20. The molecule has 3 N–H and O–H groups in total. The first-order chi connectivity index (χ1) is 9.67. The number of aromatic nitrogens is 2. The number of rotatable bonds is 3. The van der Waals surface area contributed by atoms with E-state index in [0.29, 0.717) is 11.6 Å². The van der Waals surface area contributed by atoms with Crippen LogP contribution in [-0.4, -0.2) is 39.7 Å². The van der Waals surface area contributed by atoms with E-state index in [-0.39, 0.29) is 6.61 Å². The summed E-state index contributed by atoms with van der Waals surface area (Å²) in [5.74, 6) is 1.35. The first-order valence-corrected chi connectivity index (χ1v) is 7.21. The van der Waals surface area contributed by atoms with Crippen LogP contribution in [0.15, 0.2) is 18.2 Å². The van der Waals surface area contributed by atoms with Crippen LogP contribution in [-0.2, 0) is 13.2 Å². The molecule has 2 aromatic rings. The van der Waals surface area contributed by atoms with Crippen LogP contribution < -0.4 is 5.73 Å². The number of fused-ring (bicyclic) bond motifs is 1. The summed E-state index contributed by atoms with van der Waals surface area (Å²) in [6.07, 6.45) is 2.49. The van der Waals surface area contributed by atoms with Crippen LogP contribution in [0.5, 0.6) is 0 Å². The van der Waals surface area contributed by atoms with Crippen molar-refractivity contribution in [2.24, 2.45) is 5.92 Å². The van der Waals surface area contributed by atoms with Gasteiger partial charge in [0.15, 0.2) is 0 Å². The van der Waals surface area contributed by atoms with Crippen molar-refractivity contribution in [3.8, 4) is 0 Å². The highest BCUT2D eigenvalue weighted by Crippen LogP contribution is 2.23. The highest BCUT2D eigenvalue weighted by atomic mass is 16.3. The fourth-order valence-corrected chi connectivity index (χ4v) is 3.20. The number of hydrogen-bond donors (Lipinski definition) is 2. The molecule has 0 amide bonds. The summed E-state index contributed by atoms with van der Waals surface area (Å²) in [5, 5.41) is 9.55. The van der Waals surface area contributed by atoms with E-state index >= 15 is 0 Å². The number of aliphatic hydroxyl groups is 1. The van der Waals surface area contributed by atoms with Gasteiger partial charge in [-0.05, 0) is 50.6 Å². The van der Waals surface area contributed by atoms with E-state index in [4.69, 9.17) is 5.73 Å². The van der Waals surface area contributed by atoms with Gasteiger partial charge in [-0.1, -0.05) is 0 Å². The summed E-state index contributed by atoms with van der Waals surface area (Å²) in [4.78, 5) is 6.87. The predicted molar refractivity (Wildman–Crippen MR) is 80.3 cm³/mol. The lowest BCUT2D eigenvalue weighted by Gasteiger charge is -2.30. The standard InChI is InChI=1S/C15H22N4O/c1-18-6-2-3-11(8-18)9-19-14-5-4-12(16)7-13(14)17-15(19)10-20/h4-5,7,11,20H,2-3,6,8-10,16H2,1H3. The molecule has 5 nitrogen and oxygen atoms in total. The van der Waals surface area contributed by atoms with E-state index in [2.05, 4.69) is 21.5 Å². The number of nitrogens with zero attached hydrogens (tertiary/aromatic N) is 3. The number of aliphatic hydroxyl groups excluding tert-OH is 1. The maximum Gasteiger partial charge on any atom is 0.135 e. The number of nitrogens with two attached hydrogens (primary N) is 1. The molecule has 2 heterocycles. The monoisotopic (exact) mass is 274 g/mol. The highest BCUT2D eigenvalue weighted by molar-refractivity contribution is 5.79. The lowest BCUT2D eigenvalue weighted by Crippen LogP contribution is -2.34. The summed E-state index contributed by atoms with van der Waals surface area (Å²) in [6, 6.07) is 5.77. The average molecular weight is 274 g/mol. The highest BCUT2D eigenvalue weighted by Gasteiger charge is 2.20. The summed E-state index contributed by atoms with van der Waals surface area (Å²) in [7, 11) is 2.17. The largest absolute Gasteiger partial charge is 0.399 e. The van der Waals surface area contributed by atoms with Crippen LogP contribution in [0.4, 0.5) is 5.69 Å². The molecule has 3 rings (SSSR count). The van der Waals surface area contributed by atoms with Gasteiger partial charge in [-0.2, -0.15) is 0 Å². The third-order valence-corrected chi connectivity index (χ3v) is 4.16. The Balaban J connectivity index is 1.93. The normalized spacial score (nSPS) is 20.6. The number of likely N-dealkylation sites (tertiary alicyclic amines) is 1. The molecular weight excluding hydrogens is 252 g/mol. The molecule has 1 unspecified atom stereocenters. The maximum absolute atomic E-state index is 9.55. The Labute approximate surface area is 119 Å². The molecule has 0 bridgehead atoms. The van der Waals surface area contributed by atoms with Gasteiger partial charge in [0.25, 0.3) is 0 Å². The van der Waals surface area contributed by atoms with Crippen molar-refractivity contribution in [1.82, 2.24) is 14.5 Å². The quantitative estimate of drug-likeness (QED) is 0.831. The van der Waals surface area contributed by atoms with Crippen LogP contribution in [0.2, 0.25) is 0 Å². The first kappa shape index (κ1) is 13.4. The van der Waals surface area contributed by atoms with E-state index in [1.807, 2.05) is 18.2 Å². The molecule has 108 valence electrons. The lowest BCUT2D eigenvalue weighted by molar-refractivity contribution is 0.190. The van der Waals surface area contributed by atoms with Crippen LogP contribution in [0.25, 0.3) is 11.0 Å². The number of benzene rings is 1. The second-order valence-electron chi connectivity index (χ2n) is 5.82. The Morgan fingerprint density at radius 1 is 1.45 bits per heavy atom. The Hall–Kier alpha value is -1.59. The van der Waals surface area contributed by atoms with Crippen LogP contribution >= 0.6 is 0 Å². The Morgan fingerprint density at radius 2 is 2.30 bits per heavy atom. The molecule has 0 aliphatic carbocycles. The summed E-state index contributed by atoms with van der Waals surface area (Å²) < 4.78 is 2.15. The van der Waals surface area contributed by atoms with Gasteiger partial charge >= 0.3 is 0 Å². The summed E-state index contributed by atoms with van der Waals surface area (Å²) >= 11 is 0. The topological polar surface area (TPSA) is 67.3 Å². The smallest absolute Gasteiger partial charge is 0.135 e. The zero-order chi connectivity index (χ0) is 14.1. The van der Waals surface area contributed by atoms with Crippen molar-refractivity contribution in [2.75, 3.05) is 25.9 Å². The van der Waals surface area contributed by atoms with E-state index in [0.717, 1.165) is 29.9 Å². The molecule has 0 radical (unpaired) electrons. The summed E-state index contributed by atoms with van der Waals surface area (Å²) in [6.45, 7) is 3.18. The molecule has 1 aliphatic rings. The molecule has 0 saturated carbocycles. The average Bonchev–Trinajstić information content (AvgIpc) is 2.76. The molecule has 0 spiro atoms. The van der Waals surface area contributed by atoms with Gasteiger partial charge in [-0.15, -0.1) is 0 Å². The van der Waals surface area contributed by atoms with Gasteiger partial charge < -0.3 is 20.3 Å². The minimum absolute atomic E-state index is 0.0306. The van der Waals surface area contributed by atoms with Gasteiger partial charge in [0.1, 0.15) is 12.4 Å². The molecule has 1 atom stereocenters. The van der Waals surface area contributed by atoms with Gasteiger partial charge in [-0.25, -0.2) is 4.98 Å². The first-order valence-electron chi connectivity index (χ1n) is 7.21. The Kier molecular flexibility index (Phi) is 3.63. The van der Waals surface area contributed by atoms with Crippen molar-refractivity contribution in [1.29, 1.82) is 0 Å². The molecule has 20 heavy (non-hydrogen) atoms. The van der Waals surface area contributed by atoms with Gasteiger partial charge in [0.2, 0.25) is 0 Å². The zero-order valence-corrected chi connectivity index (χ0v) is 11.9. The lowest BCUT2D eigenvalue weighted by atomic mass is 9.98. The van der Waals surface area contributed by atoms with Gasteiger partial charge in [-0.3, -0.25) is 0 Å². The number of hydrogen-bond acceptors (Lipinski definition) is 4. The van der Waals surface area contributed by atoms with Crippen molar-refractivity contribution < 1.29 is 5.11 Å². The second kappa shape index (κ2) is 5.42. The Bertz CT molecular complexity index is 607. The number of imidazole rings is 1. The summed E-state index contributed by atoms with van der Waals surface area (Å²) in [5.41, 5.74) is 8.46. The van der Waals surface area contributed by atoms with Crippen molar-refractivity contribution in [3.63, 3.8) is 0 Å². The van der Waals surface area contributed by atoms with E-state index in [1.54, 1.807) is 0 Å². The van der Waals surface area contributed by atoms with Crippen LogP contribution in [0.1, 0.15) is 18.7 Å². The number of anilines is 1. The molecule has 1 aromatic carbocycles. The SMILES string of the molecule is CN1CCCC(Cn2c(CO)nc3cc(N)ccc32)C1.